The molecule has 0 aliphatic carbocycles. The number of carbonyl (C=O) groups is 1. The molecule has 0 radical (unpaired) electrons. The first-order chi connectivity index (χ1) is 12.1. The van der Waals surface area contributed by atoms with E-state index in [-0.39, 0.29) is 12.5 Å². The fraction of sp³-hybridized carbons (Fsp3) is 0.650. The van der Waals surface area contributed by atoms with Crippen LogP contribution in [-0.4, -0.2) is 65.7 Å². The Morgan fingerprint density at radius 1 is 1.16 bits per heavy atom. The number of nitrogens with one attached hydrogen (secondary N) is 1. The molecule has 25 heavy (non-hydrogen) atoms. The van der Waals surface area contributed by atoms with Crippen molar-refractivity contribution in [2.75, 3.05) is 38.1 Å². The van der Waals surface area contributed by atoms with Gasteiger partial charge < -0.3 is 10.4 Å². The van der Waals surface area contributed by atoms with E-state index in [9.17, 15) is 9.90 Å². The SMILES string of the molecule is Cc1ccc(C)c(NC(=O)CN2CCCC2CN2CCCC2CO)c1. The van der Waals surface area contributed by atoms with E-state index in [1.165, 1.54) is 6.42 Å². The quantitative estimate of drug-likeness (QED) is 0.830. The Hall–Kier alpha value is -1.43. The highest BCUT2D eigenvalue weighted by Gasteiger charge is 2.32. The minimum Gasteiger partial charge on any atom is -0.395 e. The minimum absolute atomic E-state index is 0.0701. The van der Waals surface area contributed by atoms with Gasteiger partial charge in [-0.3, -0.25) is 14.6 Å². The number of benzene rings is 1. The van der Waals surface area contributed by atoms with Gasteiger partial charge in [0.25, 0.3) is 0 Å². The first kappa shape index (κ1) is 18.4. The van der Waals surface area contributed by atoms with Gasteiger partial charge in [0.1, 0.15) is 0 Å². The second kappa shape index (κ2) is 8.30. The maximum absolute atomic E-state index is 12.5. The first-order valence-corrected chi connectivity index (χ1v) is 9.53. The van der Waals surface area contributed by atoms with Crippen molar-refractivity contribution < 1.29 is 9.90 Å². The van der Waals surface area contributed by atoms with Crippen LogP contribution < -0.4 is 5.32 Å². The fourth-order valence-electron chi connectivity index (χ4n) is 4.17. The molecule has 2 fully saturated rings. The molecular weight excluding hydrogens is 314 g/mol. The topological polar surface area (TPSA) is 55.8 Å². The van der Waals surface area contributed by atoms with E-state index in [4.69, 9.17) is 0 Å². The van der Waals surface area contributed by atoms with Crippen LogP contribution in [0, 0.1) is 13.8 Å². The lowest BCUT2D eigenvalue weighted by Gasteiger charge is -2.31. The number of hydrogen-bond donors (Lipinski definition) is 2. The summed E-state index contributed by atoms with van der Waals surface area (Å²) in [6, 6.07) is 6.88. The number of rotatable bonds is 6. The van der Waals surface area contributed by atoms with Gasteiger partial charge in [-0.15, -0.1) is 0 Å². The molecule has 1 aromatic rings. The molecule has 1 aromatic carbocycles. The number of likely N-dealkylation sites (tertiary alicyclic amines) is 2. The number of aryl methyl sites for hydroxylation is 2. The van der Waals surface area contributed by atoms with Gasteiger partial charge in [0, 0.05) is 24.3 Å². The second-order valence-corrected chi connectivity index (χ2v) is 7.61. The monoisotopic (exact) mass is 345 g/mol. The molecule has 2 aliphatic heterocycles. The fourth-order valence-corrected chi connectivity index (χ4v) is 4.17. The summed E-state index contributed by atoms with van der Waals surface area (Å²) in [5, 5.41) is 12.6. The largest absolute Gasteiger partial charge is 0.395 e. The molecule has 2 aliphatic rings. The highest BCUT2D eigenvalue weighted by Crippen LogP contribution is 2.23. The van der Waals surface area contributed by atoms with Crippen molar-refractivity contribution in [3.8, 4) is 0 Å². The third-order valence-corrected chi connectivity index (χ3v) is 5.67. The van der Waals surface area contributed by atoms with Crippen LogP contribution in [0.15, 0.2) is 18.2 Å². The molecule has 0 aromatic heterocycles. The van der Waals surface area contributed by atoms with Crippen molar-refractivity contribution >= 4 is 11.6 Å². The molecule has 2 N–H and O–H groups in total. The molecule has 1 amide bonds. The summed E-state index contributed by atoms with van der Waals surface area (Å²) in [6.45, 7) is 7.81. The molecule has 3 rings (SSSR count). The highest BCUT2D eigenvalue weighted by atomic mass is 16.3. The van der Waals surface area contributed by atoms with Crippen molar-refractivity contribution in [1.82, 2.24) is 9.80 Å². The standard InChI is InChI=1S/C20H31N3O2/c1-15-7-8-16(2)19(11-15)21-20(25)13-23-10-3-5-17(23)12-22-9-4-6-18(22)14-24/h7-8,11,17-18,24H,3-6,9-10,12-14H2,1-2H3,(H,21,25). The van der Waals surface area contributed by atoms with E-state index in [1.807, 2.05) is 26.0 Å². The van der Waals surface area contributed by atoms with Crippen molar-refractivity contribution in [3.63, 3.8) is 0 Å². The van der Waals surface area contributed by atoms with E-state index in [0.29, 0.717) is 18.6 Å². The van der Waals surface area contributed by atoms with E-state index in [2.05, 4.69) is 21.2 Å². The third-order valence-electron chi connectivity index (χ3n) is 5.67. The second-order valence-electron chi connectivity index (χ2n) is 7.61. The lowest BCUT2D eigenvalue weighted by Crippen LogP contribution is -2.45. The molecule has 2 saturated heterocycles. The normalized spacial score (nSPS) is 24.8. The number of anilines is 1. The number of carbonyl (C=O) groups excluding carboxylic acids is 1. The van der Waals surface area contributed by atoms with Gasteiger partial charge in [-0.25, -0.2) is 0 Å². The van der Waals surface area contributed by atoms with Crippen LogP contribution in [0.1, 0.15) is 36.8 Å². The van der Waals surface area contributed by atoms with Crippen LogP contribution in [0.4, 0.5) is 5.69 Å². The van der Waals surface area contributed by atoms with Crippen LogP contribution in [0.3, 0.4) is 0 Å². The van der Waals surface area contributed by atoms with Crippen molar-refractivity contribution in [2.45, 2.75) is 51.6 Å². The zero-order valence-electron chi connectivity index (χ0n) is 15.5. The van der Waals surface area contributed by atoms with Crippen molar-refractivity contribution in [2.24, 2.45) is 0 Å². The van der Waals surface area contributed by atoms with Gasteiger partial charge in [0.2, 0.25) is 5.91 Å². The summed E-state index contributed by atoms with van der Waals surface area (Å²) < 4.78 is 0. The summed E-state index contributed by atoms with van der Waals surface area (Å²) in [5.41, 5.74) is 3.17. The minimum atomic E-state index is 0.0701. The molecule has 0 bridgehead atoms. The van der Waals surface area contributed by atoms with E-state index in [0.717, 1.165) is 55.7 Å². The first-order valence-electron chi connectivity index (χ1n) is 9.53. The van der Waals surface area contributed by atoms with Crippen molar-refractivity contribution in [1.29, 1.82) is 0 Å². The van der Waals surface area contributed by atoms with Crippen LogP contribution in [0.2, 0.25) is 0 Å². The van der Waals surface area contributed by atoms with E-state index in [1.54, 1.807) is 0 Å². The number of amides is 1. The molecule has 5 heteroatoms. The number of nitrogens with zero attached hydrogens (tertiary/aromatic N) is 2. The molecule has 0 spiro atoms. The van der Waals surface area contributed by atoms with E-state index < -0.39 is 0 Å². The molecule has 2 heterocycles. The molecule has 0 saturated carbocycles. The maximum atomic E-state index is 12.5. The third kappa shape index (κ3) is 4.60. The molecule has 2 unspecified atom stereocenters. The predicted molar refractivity (Wildman–Crippen MR) is 101 cm³/mol. The van der Waals surface area contributed by atoms with Crippen LogP contribution in [-0.2, 0) is 4.79 Å². The van der Waals surface area contributed by atoms with Gasteiger partial charge >= 0.3 is 0 Å². The zero-order chi connectivity index (χ0) is 17.8. The summed E-state index contributed by atoms with van der Waals surface area (Å²) in [6.07, 6.45) is 4.56. The molecular formula is C20H31N3O2. The predicted octanol–water partition coefficient (Wildman–Crippen LogP) is 2.16. The molecule has 138 valence electrons. The lowest BCUT2D eigenvalue weighted by molar-refractivity contribution is -0.117. The van der Waals surface area contributed by atoms with Crippen molar-refractivity contribution in [3.05, 3.63) is 29.3 Å². The summed E-state index contributed by atoms with van der Waals surface area (Å²) >= 11 is 0. The molecule has 2 atom stereocenters. The van der Waals surface area contributed by atoms with Crippen LogP contribution in [0.5, 0.6) is 0 Å². The van der Waals surface area contributed by atoms with Gasteiger partial charge in [-0.1, -0.05) is 12.1 Å². The summed E-state index contributed by atoms with van der Waals surface area (Å²) in [4.78, 5) is 17.2. The highest BCUT2D eigenvalue weighted by molar-refractivity contribution is 5.93. The number of aliphatic hydroxyl groups is 1. The van der Waals surface area contributed by atoms with Gasteiger partial charge in [0.15, 0.2) is 0 Å². The van der Waals surface area contributed by atoms with Crippen LogP contribution in [0.25, 0.3) is 0 Å². The van der Waals surface area contributed by atoms with Gasteiger partial charge in [-0.2, -0.15) is 0 Å². The molecule has 5 nitrogen and oxygen atoms in total. The Balaban J connectivity index is 1.55. The van der Waals surface area contributed by atoms with Gasteiger partial charge in [0.05, 0.1) is 13.2 Å². The zero-order valence-corrected chi connectivity index (χ0v) is 15.5. The average Bonchev–Trinajstić information content (AvgIpc) is 3.21. The van der Waals surface area contributed by atoms with Gasteiger partial charge in [-0.05, 0) is 69.8 Å². The Kier molecular flexibility index (Phi) is 6.10. The summed E-state index contributed by atoms with van der Waals surface area (Å²) in [7, 11) is 0. The Bertz CT molecular complexity index is 605. The maximum Gasteiger partial charge on any atom is 0.238 e. The Morgan fingerprint density at radius 3 is 2.64 bits per heavy atom. The average molecular weight is 345 g/mol. The summed E-state index contributed by atoms with van der Waals surface area (Å²) in [5.74, 6) is 0.0701. The number of aliphatic hydroxyl groups excluding tert-OH is 1. The Labute approximate surface area is 151 Å². The van der Waals surface area contributed by atoms with Crippen LogP contribution >= 0.6 is 0 Å². The Morgan fingerprint density at radius 2 is 1.88 bits per heavy atom. The number of hydrogen-bond acceptors (Lipinski definition) is 4. The lowest BCUT2D eigenvalue weighted by atomic mass is 10.1. The van der Waals surface area contributed by atoms with E-state index >= 15 is 0 Å². The smallest absolute Gasteiger partial charge is 0.238 e.